The SMILES string of the molecule is CCn1cc(S(=O)(=O)N2CCCC(C(=O)NCc3ccnn3CC)C2)c(C)n1. The lowest BCUT2D eigenvalue weighted by atomic mass is 9.99. The molecule has 1 saturated heterocycles. The van der Waals surface area contributed by atoms with Crippen LogP contribution in [0, 0.1) is 12.8 Å². The Balaban J connectivity index is 1.67. The summed E-state index contributed by atoms with van der Waals surface area (Å²) in [7, 11) is -3.66. The molecule has 1 fully saturated rings. The number of sulfonamides is 1. The lowest BCUT2D eigenvalue weighted by Gasteiger charge is -2.31. The van der Waals surface area contributed by atoms with Crippen molar-refractivity contribution in [3.8, 4) is 0 Å². The van der Waals surface area contributed by atoms with Crippen molar-refractivity contribution in [2.45, 2.75) is 58.1 Å². The molecule has 1 amide bonds. The van der Waals surface area contributed by atoms with Crippen LogP contribution in [0.3, 0.4) is 0 Å². The maximum absolute atomic E-state index is 13.1. The van der Waals surface area contributed by atoms with E-state index in [1.807, 2.05) is 24.6 Å². The summed E-state index contributed by atoms with van der Waals surface area (Å²) in [5, 5.41) is 11.4. The van der Waals surface area contributed by atoms with Crippen LogP contribution in [0.25, 0.3) is 0 Å². The molecule has 10 heteroatoms. The van der Waals surface area contributed by atoms with Crippen LogP contribution < -0.4 is 5.32 Å². The molecule has 1 aliphatic heterocycles. The Hall–Kier alpha value is -2.20. The van der Waals surface area contributed by atoms with Gasteiger partial charge in [0, 0.05) is 38.6 Å². The number of nitrogens with zero attached hydrogens (tertiary/aromatic N) is 5. The number of carbonyl (C=O) groups excluding carboxylic acids is 1. The fourth-order valence-corrected chi connectivity index (χ4v) is 5.24. The summed E-state index contributed by atoms with van der Waals surface area (Å²) < 4.78 is 31.0. The Labute approximate surface area is 165 Å². The molecule has 1 unspecified atom stereocenters. The van der Waals surface area contributed by atoms with Crippen LogP contribution in [0.5, 0.6) is 0 Å². The van der Waals surface area contributed by atoms with Gasteiger partial charge in [-0.15, -0.1) is 0 Å². The van der Waals surface area contributed by atoms with Crippen molar-refractivity contribution in [2.24, 2.45) is 5.92 Å². The van der Waals surface area contributed by atoms with Gasteiger partial charge < -0.3 is 5.32 Å². The molecule has 3 rings (SSSR count). The van der Waals surface area contributed by atoms with Gasteiger partial charge in [-0.25, -0.2) is 8.42 Å². The average Bonchev–Trinajstić information content (AvgIpc) is 3.32. The molecular weight excluding hydrogens is 380 g/mol. The van der Waals surface area contributed by atoms with Crippen molar-refractivity contribution in [3.05, 3.63) is 29.8 Å². The Morgan fingerprint density at radius 3 is 2.79 bits per heavy atom. The fraction of sp³-hybridized carbons (Fsp3) is 0.611. The lowest BCUT2D eigenvalue weighted by molar-refractivity contribution is -0.126. The van der Waals surface area contributed by atoms with Gasteiger partial charge in [0.15, 0.2) is 0 Å². The average molecular weight is 409 g/mol. The van der Waals surface area contributed by atoms with Crippen molar-refractivity contribution in [3.63, 3.8) is 0 Å². The van der Waals surface area contributed by atoms with E-state index in [4.69, 9.17) is 0 Å². The van der Waals surface area contributed by atoms with E-state index < -0.39 is 10.0 Å². The first-order valence-electron chi connectivity index (χ1n) is 9.69. The predicted octanol–water partition coefficient (Wildman–Crippen LogP) is 1.14. The van der Waals surface area contributed by atoms with Crippen molar-refractivity contribution < 1.29 is 13.2 Å². The Morgan fingerprint density at radius 2 is 2.11 bits per heavy atom. The van der Waals surface area contributed by atoms with Gasteiger partial charge in [0.1, 0.15) is 4.90 Å². The first-order chi connectivity index (χ1) is 13.4. The van der Waals surface area contributed by atoms with Crippen molar-refractivity contribution >= 4 is 15.9 Å². The quantitative estimate of drug-likeness (QED) is 0.740. The predicted molar refractivity (Wildman–Crippen MR) is 104 cm³/mol. The zero-order valence-electron chi connectivity index (χ0n) is 16.6. The van der Waals surface area contributed by atoms with E-state index in [0.717, 1.165) is 12.2 Å². The van der Waals surface area contributed by atoms with Gasteiger partial charge >= 0.3 is 0 Å². The standard InChI is InChI=1S/C18H28N6O3S/c1-4-22-13-17(14(3)21-22)28(26,27)23-10-6-7-15(12-23)18(25)19-11-16-8-9-20-24(16)5-2/h8-9,13,15H,4-7,10-12H2,1-3H3,(H,19,25). The number of piperidine rings is 1. The Morgan fingerprint density at radius 1 is 1.32 bits per heavy atom. The molecule has 0 radical (unpaired) electrons. The van der Waals surface area contributed by atoms with Crippen LogP contribution in [0.4, 0.5) is 0 Å². The number of amides is 1. The van der Waals surface area contributed by atoms with Gasteiger partial charge in [-0.05, 0) is 39.7 Å². The van der Waals surface area contributed by atoms with Gasteiger partial charge in [0.2, 0.25) is 15.9 Å². The van der Waals surface area contributed by atoms with Crippen LogP contribution >= 0.6 is 0 Å². The maximum atomic E-state index is 13.1. The maximum Gasteiger partial charge on any atom is 0.246 e. The fourth-order valence-electron chi connectivity index (χ4n) is 3.55. The normalized spacial score (nSPS) is 18.3. The van der Waals surface area contributed by atoms with E-state index in [2.05, 4.69) is 15.5 Å². The zero-order valence-corrected chi connectivity index (χ0v) is 17.4. The second-order valence-electron chi connectivity index (χ2n) is 6.99. The van der Waals surface area contributed by atoms with E-state index in [0.29, 0.717) is 38.2 Å². The van der Waals surface area contributed by atoms with Crippen LogP contribution in [-0.2, 0) is 34.5 Å². The van der Waals surface area contributed by atoms with Crippen molar-refractivity contribution in [1.82, 2.24) is 29.2 Å². The van der Waals surface area contributed by atoms with Crippen molar-refractivity contribution in [1.29, 1.82) is 0 Å². The largest absolute Gasteiger partial charge is 0.350 e. The van der Waals surface area contributed by atoms with Crippen LogP contribution in [0.1, 0.15) is 38.1 Å². The lowest BCUT2D eigenvalue weighted by Crippen LogP contribution is -2.45. The van der Waals surface area contributed by atoms with Gasteiger partial charge in [-0.1, -0.05) is 0 Å². The molecular formula is C18H28N6O3S. The number of nitrogens with one attached hydrogen (secondary N) is 1. The van der Waals surface area contributed by atoms with Crippen molar-refractivity contribution in [2.75, 3.05) is 13.1 Å². The van der Waals surface area contributed by atoms with Gasteiger partial charge in [-0.3, -0.25) is 14.2 Å². The third-order valence-corrected chi connectivity index (χ3v) is 7.11. The molecule has 1 N–H and O–H groups in total. The minimum Gasteiger partial charge on any atom is -0.350 e. The Bertz CT molecular complexity index is 933. The number of hydrogen-bond acceptors (Lipinski definition) is 5. The highest BCUT2D eigenvalue weighted by Gasteiger charge is 2.35. The van der Waals surface area contributed by atoms with E-state index in [1.165, 1.54) is 4.31 Å². The molecule has 2 aromatic heterocycles. The number of aryl methyl sites for hydroxylation is 3. The highest BCUT2D eigenvalue weighted by molar-refractivity contribution is 7.89. The summed E-state index contributed by atoms with van der Waals surface area (Å²) >= 11 is 0. The topological polar surface area (TPSA) is 102 Å². The molecule has 154 valence electrons. The molecule has 0 spiro atoms. The minimum atomic E-state index is -3.66. The molecule has 2 aromatic rings. The first-order valence-corrected chi connectivity index (χ1v) is 11.1. The third kappa shape index (κ3) is 4.12. The highest BCUT2D eigenvalue weighted by Crippen LogP contribution is 2.25. The van der Waals surface area contributed by atoms with E-state index in [-0.39, 0.29) is 23.3 Å². The number of carbonyl (C=O) groups is 1. The van der Waals surface area contributed by atoms with Gasteiger partial charge in [-0.2, -0.15) is 14.5 Å². The number of hydrogen-bond donors (Lipinski definition) is 1. The minimum absolute atomic E-state index is 0.121. The summed E-state index contributed by atoms with van der Waals surface area (Å²) in [5.41, 5.74) is 1.42. The molecule has 0 bridgehead atoms. The third-order valence-electron chi connectivity index (χ3n) is 5.15. The summed E-state index contributed by atoms with van der Waals surface area (Å²) in [5.74, 6) is -0.479. The smallest absolute Gasteiger partial charge is 0.246 e. The van der Waals surface area contributed by atoms with Crippen LogP contribution in [0.2, 0.25) is 0 Å². The number of rotatable bonds is 7. The second-order valence-corrected chi connectivity index (χ2v) is 8.90. The first kappa shape index (κ1) is 20.5. The summed E-state index contributed by atoms with van der Waals surface area (Å²) in [6.45, 7) is 7.94. The molecule has 0 aromatic carbocycles. The van der Waals surface area contributed by atoms with Crippen LogP contribution in [0.15, 0.2) is 23.4 Å². The molecule has 1 aliphatic rings. The molecule has 0 saturated carbocycles. The molecule has 9 nitrogen and oxygen atoms in total. The zero-order chi connectivity index (χ0) is 20.3. The molecule has 3 heterocycles. The summed E-state index contributed by atoms with van der Waals surface area (Å²) in [4.78, 5) is 12.9. The Kier molecular flexibility index (Phi) is 6.19. The second kappa shape index (κ2) is 8.44. The monoisotopic (exact) mass is 408 g/mol. The van der Waals surface area contributed by atoms with E-state index >= 15 is 0 Å². The molecule has 0 aliphatic carbocycles. The molecule has 28 heavy (non-hydrogen) atoms. The van der Waals surface area contributed by atoms with Gasteiger partial charge in [0.05, 0.1) is 23.9 Å². The highest BCUT2D eigenvalue weighted by atomic mass is 32.2. The van der Waals surface area contributed by atoms with E-state index in [1.54, 1.807) is 24.0 Å². The van der Waals surface area contributed by atoms with Gasteiger partial charge in [0.25, 0.3) is 0 Å². The van der Waals surface area contributed by atoms with Crippen LogP contribution in [-0.4, -0.2) is 51.3 Å². The summed E-state index contributed by atoms with van der Waals surface area (Å²) in [6.07, 6.45) is 4.61. The van der Waals surface area contributed by atoms with E-state index in [9.17, 15) is 13.2 Å². The summed E-state index contributed by atoms with van der Waals surface area (Å²) in [6, 6.07) is 1.87. The molecule has 1 atom stereocenters. The number of aromatic nitrogens is 4.